The van der Waals surface area contributed by atoms with Gasteiger partial charge in [-0.3, -0.25) is 0 Å². The normalized spacial score (nSPS) is 12.2. The van der Waals surface area contributed by atoms with E-state index < -0.39 is 18.4 Å². The molecule has 0 aliphatic carbocycles. The number of hydrogen-bond acceptors (Lipinski definition) is 2. The Labute approximate surface area is 155 Å². The Morgan fingerprint density at radius 1 is 0.958 bits per heavy atom. The van der Waals surface area contributed by atoms with Crippen LogP contribution < -0.4 is 8.45 Å². The van der Waals surface area contributed by atoms with Crippen LogP contribution in [-0.4, -0.2) is 22.9 Å². The van der Waals surface area contributed by atoms with E-state index >= 15 is 0 Å². The summed E-state index contributed by atoms with van der Waals surface area (Å²) < 4.78 is 9.12. The predicted octanol–water partition coefficient (Wildman–Crippen LogP) is 5.66. The molecule has 0 saturated heterocycles. The molecule has 0 amide bonds. The monoisotopic (exact) mass is 455 g/mol. The first-order chi connectivity index (χ1) is 11.6. The van der Waals surface area contributed by atoms with Gasteiger partial charge in [0, 0.05) is 0 Å². The van der Waals surface area contributed by atoms with Gasteiger partial charge in [0.1, 0.15) is 0 Å². The number of unbranched alkanes of at least 4 members (excludes halogenated alkanes) is 3. The molecule has 134 valence electrons. The van der Waals surface area contributed by atoms with Crippen molar-refractivity contribution in [2.24, 2.45) is 7.05 Å². The van der Waals surface area contributed by atoms with Gasteiger partial charge in [0.25, 0.3) is 0 Å². The van der Waals surface area contributed by atoms with Crippen LogP contribution in [0.1, 0.15) is 59.3 Å². The second kappa shape index (κ2) is 9.42. The third-order valence-corrected chi connectivity index (χ3v) is 22.0. The maximum atomic E-state index is 12.0. The SMILES string of the molecule is CCC[CH2][Sn]([CH2]CCC)([CH2]CCC)[c]1ccc2c(c1)sc(=O)n2C. The molecule has 0 saturated carbocycles. The van der Waals surface area contributed by atoms with Gasteiger partial charge in [-0.25, -0.2) is 0 Å². The predicted molar refractivity (Wildman–Crippen MR) is 112 cm³/mol. The standard InChI is InChI=1S/C8H6NOS.3C4H9.Sn/c1-9-6-4-2-3-5-7(6)11-8(9)10;3*1-3-4-2;/h2,4-5H,1H3;3*1,3-4H2,2H3;. The van der Waals surface area contributed by atoms with Crippen LogP contribution in [0.25, 0.3) is 10.2 Å². The molecule has 0 aliphatic rings. The summed E-state index contributed by atoms with van der Waals surface area (Å²) in [6.07, 6.45) is 8.05. The topological polar surface area (TPSA) is 22.0 Å². The molecule has 0 unspecified atom stereocenters. The summed E-state index contributed by atoms with van der Waals surface area (Å²) in [5, 5.41) is 0. The van der Waals surface area contributed by atoms with Gasteiger partial charge in [0.2, 0.25) is 0 Å². The minimum absolute atomic E-state index is 0.165. The van der Waals surface area contributed by atoms with E-state index in [1.807, 2.05) is 7.05 Å². The van der Waals surface area contributed by atoms with Crippen molar-refractivity contribution >= 4 is 43.5 Å². The van der Waals surface area contributed by atoms with Crippen LogP contribution >= 0.6 is 11.3 Å². The van der Waals surface area contributed by atoms with E-state index in [-0.39, 0.29) is 4.87 Å². The summed E-state index contributed by atoms with van der Waals surface area (Å²) in [5.74, 6) is 0. The molecular formula is C20H33NOSSn. The van der Waals surface area contributed by atoms with Gasteiger partial charge in [-0.2, -0.15) is 0 Å². The van der Waals surface area contributed by atoms with Gasteiger partial charge >= 0.3 is 156 Å². The molecule has 24 heavy (non-hydrogen) atoms. The first-order valence-electron chi connectivity index (χ1n) is 9.68. The van der Waals surface area contributed by atoms with Crippen molar-refractivity contribution in [2.75, 3.05) is 0 Å². The van der Waals surface area contributed by atoms with Crippen molar-refractivity contribution < 1.29 is 0 Å². The third-order valence-electron chi connectivity index (χ3n) is 5.43. The van der Waals surface area contributed by atoms with Crippen LogP contribution in [0.2, 0.25) is 13.3 Å². The van der Waals surface area contributed by atoms with E-state index in [4.69, 9.17) is 0 Å². The quantitative estimate of drug-likeness (QED) is 0.425. The second-order valence-corrected chi connectivity index (χ2v) is 21.4. The molecule has 0 atom stereocenters. The molecule has 0 fully saturated rings. The molecule has 2 aromatic rings. The average molecular weight is 454 g/mol. The Balaban J connectivity index is 2.47. The number of rotatable bonds is 10. The van der Waals surface area contributed by atoms with Crippen LogP contribution in [-0.2, 0) is 7.05 Å². The molecule has 0 bridgehead atoms. The van der Waals surface area contributed by atoms with Crippen LogP contribution in [0.4, 0.5) is 0 Å². The van der Waals surface area contributed by atoms with Gasteiger partial charge in [-0.15, -0.1) is 0 Å². The first kappa shape index (κ1) is 20.0. The van der Waals surface area contributed by atoms with Gasteiger partial charge < -0.3 is 0 Å². The number of aryl methyl sites for hydroxylation is 1. The van der Waals surface area contributed by atoms with Gasteiger partial charge in [0.15, 0.2) is 0 Å². The van der Waals surface area contributed by atoms with Crippen molar-refractivity contribution in [2.45, 2.75) is 72.6 Å². The van der Waals surface area contributed by atoms with Crippen LogP contribution in [0.15, 0.2) is 23.0 Å². The van der Waals surface area contributed by atoms with Crippen molar-refractivity contribution in [1.82, 2.24) is 4.57 Å². The van der Waals surface area contributed by atoms with Crippen molar-refractivity contribution in [3.05, 3.63) is 27.9 Å². The Morgan fingerprint density at radius 2 is 1.50 bits per heavy atom. The molecule has 0 spiro atoms. The molecule has 4 heteroatoms. The fraction of sp³-hybridized carbons (Fsp3) is 0.650. The molecule has 1 aromatic carbocycles. The number of nitrogens with zero attached hydrogens (tertiary/aromatic N) is 1. The van der Waals surface area contributed by atoms with Crippen molar-refractivity contribution in [1.29, 1.82) is 0 Å². The Hall–Kier alpha value is -0.291. The molecule has 1 aromatic heterocycles. The second-order valence-electron chi connectivity index (χ2n) is 7.20. The molecule has 1 heterocycles. The molecular weight excluding hydrogens is 421 g/mol. The summed E-state index contributed by atoms with van der Waals surface area (Å²) in [7, 11) is 1.89. The summed E-state index contributed by atoms with van der Waals surface area (Å²) in [4.78, 5) is 12.2. The zero-order valence-corrected chi connectivity index (χ0v) is 19.5. The molecule has 0 radical (unpaired) electrons. The van der Waals surface area contributed by atoms with Crippen molar-refractivity contribution in [3.63, 3.8) is 0 Å². The van der Waals surface area contributed by atoms with E-state index in [2.05, 4.69) is 39.0 Å². The Kier molecular flexibility index (Phi) is 7.86. The first-order valence-corrected chi connectivity index (χ1v) is 18.0. The number of aromatic nitrogens is 1. The van der Waals surface area contributed by atoms with E-state index in [0.717, 1.165) is 5.52 Å². The van der Waals surface area contributed by atoms with E-state index in [1.54, 1.807) is 8.15 Å². The number of hydrogen-bond donors (Lipinski definition) is 0. The fourth-order valence-corrected chi connectivity index (χ4v) is 21.0. The van der Waals surface area contributed by atoms with Gasteiger partial charge in [0.05, 0.1) is 0 Å². The molecule has 0 aliphatic heterocycles. The number of benzene rings is 1. The average Bonchev–Trinajstić information content (AvgIpc) is 2.88. The molecule has 0 N–H and O–H groups in total. The van der Waals surface area contributed by atoms with Gasteiger partial charge in [-0.1, -0.05) is 0 Å². The molecule has 2 nitrogen and oxygen atoms in total. The summed E-state index contributed by atoms with van der Waals surface area (Å²) in [5.41, 5.74) is 1.11. The third kappa shape index (κ3) is 4.46. The summed E-state index contributed by atoms with van der Waals surface area (Å²) >= 11 is -0.943. The van der Waals surface area contributed by atoms with E-state index in [0.29, 0.717) is 0 Å². The summed E-state index contributed by atoms with van der Waals surface area (Å²) in [6, 6.07) is 7.03. The number of thiazole rings is 1. The van der Waals surface area contributed by atoms with Crippen LogP contribution in [0, 0.1) is 0 Å². The molecule has 2 rings (SSSR count). The van der Waals surface area contributed by atoms with Crippen LogP contribution in [0.3, 0.4) is 0 Å². The zero-order chi connectivity index (χ0) is 17.6. The fourth-order valence-electron chi connectivity index (χ4n) is 3.82. The van der Waals surface area contributed by atoms with Crippen LogP contribution in [0.5, 0.6) is 0 Å². The van der Waals surface area contributed by atoms with Gasteiger partial charge in [-0.05, 0) is 0 Å². The minimum atomic E-state index is -2.36. The van der Waals surface area contributed by atoms with Crippen molar-refractivity contribution in [3.8, 4) is 0 Å². The summed E-state index contributed by atoms with van der Waals surface area (Å²) in [6.45, 7) is 6.97. The zero-order valence-electron chi connectivity index (χ0n) is 15.9. The number of fused-ring (bicyclic) bond motifs is 1. The van der Waals surface area contributed by atoms with E-state index in [9.17, 15) is 4.79 Å². The maximum absolute atomic E-state index is 12.0. The Bertz CT molecular complexity index is 681. The van der Waals surface area contributed by atoms with E-state index in [1.165, 1.54) is 67.9 Å². The Morgan fingerprint density at radius 3 is 2.00 bits per heavy atom.